The Hall–Kier alpha value is -2.82. The van der Waals surface area contributed by atoms with Crippen molar-refractivity contribution in [1.29, 1.82) is 0 Å². The Bertz CT molecular complexity index is 769. The van der Waals surface area contributed by atoms with Crippen LogP contribution in [0.5, 0.6) is 5.75 Å². The number of hydrogen-bond acceptors (Lipinski definition) is 4. The van der Waals surface area contributed by atoms with Gasteiger partial charge >= 0.3 is 5.97 Å². The number of rotatable bonds is 7. The largest absolute Gasteiger partial charge is 0.492 e. The number of para-hydroxylation sites is 2. The maximum absolute atomic E-state index is 13.0. The molecule has 1 unspecified atom stereocenters. The van der Waals surface area contributed by atoms with Gasteiger partial charge in [0.2, 0.25) is 6.10 Å². The fraction of sp³-hybridized carbons (Fsp3) is 0.364. The lowest BCUT2D eigenvalue weighted by Crippen LogP contribution is -2.28. The molecule has 5 nitrogen and oxygen atoms in total. The number of amides is 1. The van der Waals surface area contributed by atoms with Crippen molar-refractivity contribution in [3.8, 4) is 5.75 Å². The molecule has 1 atom stereocenters. The maximum Gasteiger partial charge on any atom is 0.310 e. The van der Waals surface area contributed by atoms with Gasteiger partial charge in [-0.2, -0.15) is 0 Å². The van der Waals surface area contributed by atoms with E-state index < -0.39 is 6.10 Å². The highest BCUT2D eigenvalue weighted by Crippen LogP contribution is 2.30. The van der Waals surface area contributed by atoms with Crippen LogP contribution in [-0.4, -0.2) is 18.5 Å². The SMILES string of the molecule is CCOc1ccccc1NC(=O)C(OC(=O)C1CCCC1)c1ccccc1. The summed E-state index contributed by atoms with van der Waals surface area (Å²) >= 11 is 0. The number of anilines is 1. The second kappa shape index (κ2) is 9.21. The third-order valence-electron chi connectivity index (χ3n) is 4.71. The van der Waals surface area contributed by atoms with Gasteiger partial charge in [0.15, 0.2) is 0 Å². The van der Waals surface area contributed by atoms with E-state index >= 15 is 0 Å². The number of carbonyl (C=O) groups is 2. The fourth-order valence-corrected chi connectivity index (χ4v) is 3.32. The first-order chi connectivity index (χ1) is 13.2. The predicted octanol–water partition coefficient (Wildman–Crippen LogP) is 4.50. The van der Waals surface area contributed by atoms with Crippen molar-refractivity contribution in [2.75, 3.05) is 11.9 Å². The second-order valence-corrected chi connectivity index (χ2v) is 6.63. The highest BCUT2D eigenvalue weighted by molar-refractivity contribution is 5.97. The zero-order chi connectivity index (χ0) is 19.1. The maximum atomic E-state index is 13.0. The van der Waals surface area contributed by atoms with Crippen LogP contribution in [0.25, 0.3) is 0 Å². The van der Waals surface area contributed by atoms with Crippen LogP contribution in [0.1, 0.15) is 44.3 Å². The zero-order valence-corrected chi connectivity index (χ0v) is 15.5. The lowest BCUT2D eigenvalue weighted by atomic mass is 10.1. The van der Waals surface area contributed by atoms with E-state index in [-0.39, 0.29) is 17.8 Å². The summed E-state index contributed by atoms with van der Waals surface area (Å²) in [6, 6.07) is 16.3. The second-order valence-electron chi connectivity index (χ2n) is 6.63. The van der Waals surface area contributed by atoms with Crippen molar-refractivity contribution in [3.63, 3.8) is 0 Å². The van der Waals surface area contributed by atoms with Crippen molar-refractivity contribution < 1.29 is 19.1 Å². The van der Waals surface area contributed by atoms with Crippen LogP contribution < -0.4 is 10.1 Å². The molecular weight excluding hydrogens is 342 g/mol. The van der Waals surface area contributed by atoms with Crippen LogP contribution in [0.3, 0.4) is 0 Å². The molecule has 142 valence electrons. The Morgan fingerprint density at radius 3 is 2.41 bits per heavy atom. The van der Waals surface area contributed by atoms with Gasteiger partial charge in [0.1, 0.15) is 5.75 Å². The first-order valence-electron chi connectivity index (χ1n) is 9.47. The Labute approximate surface area is 159 Å². The third-order valence-corrected chi connectivity index (χ3v) is 4.71. The van der Waals surface area contributed by atoms with E-state index in [0.29, 0.717) is 23.6 Å². The average molecular weight is 367 g/mol. The van der Waals surface area contributed by atoms with Gasteiger partial charge in [-0.3, -0.25) is 9.59 Å². The zero-order valence-electron chi connectivity index (χ0n) is 15.5. The molecule has 3 rings (SSSR count). The monoisotopic (exact) mass is 367 g/mol. The molecule has 1 aliphatic carbocycles. The van der Waals surface area contributed by atoms with E-state index in [0.717, 1.165) is 25.7 Å². The molecule has 0 aliphatic heterocycles. The predicted molar refractivity (Wildman–Crippen MR) is 103 cm³/mol. The smallest absolute Gasteiger partial charge is 0.310 e. The van der Waals surface area contributed by atoms with Crippen LogP contribution in [-0.2, 0) is 14.3 Å². The summed E-state index contributed by atoms with van der Waals surface area (Å²) in [5, 5.41) is 2.85. The minimum Gasteiger partial charge on any atom is -0.492 e. The van der Waals surface area contributed by atoms with Gasteiger partial charge in [0.25, 0.3) is 5.91 Å². The molecule has 0 bridgehead atoms. The van der Waals surface area contributed by atoms with Gasteiger partial charge in [-0.05, 0) is 31.9 Å². The summed E-state index contributed by atoms with van der Waals surface area (Å²) in [5.74, 6) is -0.212. The van der Waals surface area contributed by atoms with Gasteiger partial charge in [-0.15, -0.1) is 0 Å². The fourth-order valence-electron chi connectivity index (χ4n) is 3.32. The molecule has 2 aromatic carbocycles. The van der Waals surface area contributed by atoms with Gasteiger partial charge in [0, 0.05) is 5.56 Å². The van der Waals surface area contributed by atoms with E-state index in [9.17, 15) is 9.59 Å². The summed E-state index contributed by atoms with van der Waals surface area (Å²) in [4.78, 5) is 25.5. The van der Waals surface area contributed by atoms with Crippen LogP contribution >= 0.6 is 0 Å². The number of hydrogen-bond donors (Lipinski definition) is 1. The molecular formula is C22H25NO4. The molecule has 1 N–H and O–H groups in total. The first-order valence-corrected chi connectivity index (χ1v) is 9.47. The first kappa shape index (κ1) is 19.0. The number of esters is 1. The molecule has 1 amide bonds. The normalized spacial score (nSPS) is 15.1. The molecule has 0 saturated heterocycles. The van der Waals surface area contributed by atoms with E-state index in [1.807, 2.05) is 37.3 Å². The molecule has 0 radical (unpaired) electrons. The average Bonchev–Trinajstić information content (AvgIpc) is 3.23. The van der Waals surface area contributed by atoms with Crippen molar-refractivity contribution in [2.24, 2.45) is 5.92 Å². The lowest BCUT2D eigenvalue weighted by Gasteiger charge is -2.20. The Morgan fingerprint density at radius 2 is 1.70 bits per heavy atom. The topological polar surface area (TPSA) is 64.6 Å². The molecule has 0 heterocycles. The van der Waals surface area contributed by atoms with E-state index in [1.165, 1.54) is 0 Å². The highest BCUT2D eigenvalue weighted by atomic mass is 16.5. The van der Waals surface area contributed by atoms with Crippen molar-refractivity contribution in [2.45, 2.75) is 38.7 Å². The molecule has 2 aromatic rings. The molecule has 1 fully saturated rings. The van der Waals surface area contributed by atoms with Gasteiger partial charge in [0.05, 0.1) is 18.2 Å². The third kappa shape index (κ3) is 4.88. The highest BCUT2D eigenvalue weighted by Gasteiger charge is 2.31. The van der Waals surface area contributed by atoms with Crippen molar-refractivity contribution in [1.82, 2.24) is 0 Å². The van der Waals surface area contributed by atoms with E-state index in [2.05, 4.69) is 5.32 Å². The summed E-state index contributed by atoms with van der Waals surface area (Å²) in [6.07, 6.45) is 2.73. The molecule has 27 heavy (non-hydrogen) atoms. The Balaban J connectivity index is 1.79. The molecule has 1 saturated carbocycles. The van der Waals surface area contributed by atoms with E-state index in [1.54, 1.807) is 24.3 Å². The van der Waals surface area contributed by atoms with Crippen LogP contribution in [0, 0.1) is 5.92 Å². The van der Waals surface area contributed by atoms with Gasteiger partial charge in [-0.25, -0.2) is 0 Å². The summed E-state index contributed by atoms with van der Waals surface area (Å²) in [7, 11) is 0. The number of carbonyl (C=O) groups excluding carboxylic acids is 2. The summed E-state index contributed by atoms with van der Waals surface area (Å²) in [5.41, 5.74) is 1.21. The summed E-state index contributed by atoms with van der Waals surface area (Å²) in [6.45, 7) is 2.38. The molecule has 5 heteroatoms. The van der Waals surface area contributed by atoms with Crippen LogP contribution in [0.15, 0.2) is 54.6 Å². The number of ether oxygens (including phenoxy) is 2. The van der Waals surface area contributed by atoms with Crippen molar-refractivity contribution in [3.05, 3.63) is 60.2 Å². The number of benzene rings is 2. The standard InChI is InChI=1S/C22H25NO4/c1-2-26-19-15-9-8-14-18(19)23-21(24)20(16-10-4-3-5-11-16)27-22(25)17-12-6-7-13-17/h3-5,8-11,14-15,17,20H,2,6-7,12-13H2,1H3,(H,23,24). The molecule has 0 spiro atoms. The van der Waals surface area contributed by atoms with Gasteiger partial charge in [-0.1, -0.05) is 55.3 Å². The quantitative estimate of drug-likeness (QED) is 0.732. The number of nitrogens with one attached hydrogen (secondary N) is 1. The van der Waals surface area contributed by atoms with Crippen LogP contribution in [0.4, 0.5) is 5.69 Å². The molecule has 0 aromatic heterocycles. The molecule has 1 aliphatic rings. The summed E-state index contributed by atoms with van der Waals surface area (Å²) < 4.78 is 11.2. The van der Waals surface area contributed by atoms with Crippen LogP contribution in [0.2, 0.25) is 0 Å². The minimum atomic E-state index is -0.992. The van der Waals surface area contributed by atoms with E-state index in [4.69, 9.17) is 9.47 Å². The Morgan fingerprint density at radius 1 is 1.04 bits per heavy atom. The minimum absolute atomic E-state index is 0.111. The lowest BCUT2D eigenvalue weighted by molar-refractivity contribution is -0.158. The Kier molecular flexibility index (Phi) is 6.47. The van der Waals surface area contributed by atoms with Crippen molar-refractivity contribution >= 4 is 17.6 Å². The van der Waals surface area contributed by atoms with Gasteiger partial charge < -0.3 is 14.8 Å².